The molecule has 2 atom stereocenters. The average Bonchev–Trinajstić information content (AvgIpc) is 2.36. The largest absolute Gasteiger partial charge is 0.393 e. The Balaban J connectivity index is 3.77. The van der Waals surface area contributed by atoms with Crippen molar-refractivity contribution in [1.82, 2.24) is 0 Å². The van der Waals surface area contributed by atoms with Gasteiger partial charge in [0.15, 0.2) is 0 Å². The Kier molecular flexibility index (Phi) is 11.4. The molecular weight excluding hydrogens is 276 g/mol. The zero-order chi connectivity index (χ0) is 15.4. The van der Waals surface area contributed by atoms with Gasteiger partial charge in [0.2, 0.25) is 0 Å². The second-order valence-electron chi connectivity index (χ2n) is 5.73. The van der Waals surface area contributed by atoms with Gasteiger partial charge in [0.05, 0.1) is 11.4 Å². The topological polar surface area (TPSA) is 74.6 Å². The highest BCUT2D eigenvalue weighted by atomic mass is 32.2. The Morgan fingerprint density at radius 2 is 1.40 bits per heavy atom. The number of unbranched alkanes of at least 4 members (excludes halogenated alkanes) is 6. The molecule has 0 aliphatic carbocycles. The van der Waals surface area contributed by atoms with Gasteiger partial charge >= 0.3 is 0 Å². The maximum atomic E-state index is 11.2. The third kappa shape index (κ3) is 10.6. The molecule has 2 unspecified atom stereocenters. The molecule has 0 aromatic rings. The molecule has 0 saturated carbocycles. The van der Waals surface area contributed by atoms with Crippen molar-refractivity contribution in [2.45, 2.75) is 95.8 Å². The molecule has 0 saturated heterocycles. The van der Waals surface area contributed by atoms with E-state index in [4.69, 9.17) is 4.55 Å². The van der Waals surface area contributed by atoms with Crippen molar-refractivity contribution in [3.63, 3.8) is 0 Å². The summed E-state index contributed by atoms with van der Waals surface area (Å²) in [6.07, 6.45) is 9.51. The monoisotopic (exact) mass is 308 g/mol. The first-order chi connectivity index (χ1) is 9.41. The van der Waals surface area contributed by atoms with Gasteiger partial charge in [-0.2, -0.15) is 8.42 Å². The molecule has 0 spiro atoms. The van der Waals surface area contributed by atoms with E-state index in [0.29, 0.717) is 19.3 Å². The Morgan fingerprint density at radius 1 is 0.850 bits per heavy atom. The molecule has 0 aromatic carbocycles. The molecule has 0 heterocycles. The Bertz CT molecular complexity index is 314. The lowest BCUT2D eigenvalue weighted by atomic mass is 10.0. The first kappa shape index (κ1) is 19.9. The highest BCUT2D eigenvalue weighted by Gasteiger charge is 2.24. The quantitative estimate of drug-likeness (QED) is 0.399. The van der Waals surface area contributed by atoms with Gasteiger partial charge in [0.25, 0.3) is 10.1 Å². The van der Waals surface area contributed by atoms with Crippen LogP contribution in [-0.4, -0.2) is 29.4 Å². The molecule has 0 aliphatic heterocycles. The summed E-state index contributed by atoms with van der Waals surface area (Å²) in [5.41, 5.74) is 0. The average molecular weight is 308 g/mol. The third-order valence-electron chi connectivity index (χ3n) is 3.71. The summed E-state index contributed by atoms with van der Waals surface area (Å²) in [5, 5.41) is 9.06. The third-order valence-corrected chi connectivity index (χ3v) is 4.98. The van der Waals surface area contributed by atoms with E-state index in [1.54, 1.807) is 0 Å². The minimum atomic E-state index is -4.03. The fourth-order valence-corrected chi connectivity index (χ4v) is 3.47. The number of hydrogen-bond donors (Lipinski definition) is 2. The van der Waals surface area contributed by atoms with Crippen molar-refractivity contribution in [3.05, 3.63) is 0 Å². The second-order valence-corrected chi connectivity index (χ2v) is 7.42. The molecule has 0 aromatic heterocycles. The van der Waals surface area contributed by atoms with E-state index in [2.05, 4.69) is 6.92 Å². The van der Waals surface area contributed by atoms with E-state index >= 15 is 0 Å². The summed E-state index contributed by atoms with van der Waals surface area (Å²) in [7, 11) is -4.03. The first-order valence-electron chi connectivity index (χ1n) is 8.06. The summed E-state index contributed by atoms with van der Waals surface area (Å²) in [6.45, 7) is 4.07. The van der Waals surface area contributed by atoms with Crippen molar-refractivity contribution in [2.75, 3.05) is 0 Å². The predicted molar refractivity (Wildman–Crippen MR) is 83.5 cm³/mol. The van der Waals surface area contributed by atoms with Crippen LogP contribution in [0.25, 0.3) is 0 Å². The Hall–Kier alpha value is -0.130. The van der Waals surface area contributed by atoms with Crippen LogP contribution in [-0.2, 0) is 10.1 Å². The van der Waals surface area contributed by atoms with Crippen LogP contribution in [0.2, 0.25) is 0 Å². The van der Waals surface area contributed by atoms with Crippen LogP contribution in [0.15, 0.2) is 0 Å². The molecule has 0 radical (unpaired) electrons. The van der Waals surface area contributed by atoms with Crippen LogP contribution in [0, 0.1) is 0 Å². The van der Waals surface area contributed by atoms with Crippen LogP contribution in [0.4, 0.5) is 0 Å². The SMILES string of the molecule is CCCCCCCCCC(O)CC(CCC)S(=O)(=O)O. The van der Waals surface area contributed by atoms with E-state index in [1.807, 2.05) is 6.92 Å². The molecule has 20 heavy (non-hydrogen) atoms. The first-order valence-corrected chi connectivity index (χ1v) is 9.56. The normalized spacial score (nSPS) is 15.2. The molecule has 4 nitrogen and oxygen atoms in total. The van der Waals surface area contributed by atoms with Gasteiger partial charge in [-0.3, -0.25) is 4.55 Å². The summed E-state index contributed by atoms with van der Waals surface area (Å²) >= 11 is 0. The highest BCUT2D eigenvalue weighted by molar-refractivity contribution is 7.86. The van der Waals surface area contributed by atoms with Gasteiger partial charge in [0, 0.05) is 0 Å². The molecule has 0 rings (SSSR count). The number of rotatable bonds is 13. The van der Waals surface area contributed by atoms with Gasteiger partial charge in [-0.1, -0.05) is 65.2 Å². The fraction of sp³-hybridized carbons (Fsp3) is 1.00. The van der Waals surface area contributed by atoms with Crippen LogP contribution in [0.1, 0.15) is 84.5 Å². The number of hydrogen-bond acceptors (Lipinski definition) is 3. The van der Waals surface area contributed by atoms with Crippen molar-refractivity contribution >= 4 is 10.1 Å². The highest BCUT2D eigenvalue weighted by Crippen LogP contribution is 2.17. The minimum absolute atomic E-state index is 0.155. The van der Waals surface area contributed by atoms with E-state index in [0.717, 1.165) is 12.8 Å². The van der Waals surface area contributed by atoms with Crippen LogP contribution in [0.3, 0.4) is 0 Å². The molecule has 5 heteroatoms. The minimum Gasteiger partial charge on any atom is -0.393 e. The van der Waals surface area contributed by atoms with E-state index < -0.39 is 21.5 Å². The summed E-state index contributed by atoms with van der Waals surface area (Å²) in [5.74, 6) is 0. The van der Waals surface area contributed by atoms with Crippen LogP contribution >= 0.6 is 0 Å². The maximum Gasteiger partial charge on any atom is 0.267 e. The molecule has 122 valence electrons. The second kappa shape index (κ2) is 11.5. The molecule has 0 bridgehead atoms. The van der Waals surface area contributed by atoms with Gasteiger partial charge in [0.1, 0.15) is 0 Å². The van der Waals surface area contributed by atoms with Crippen LogP contribution < -0.4 is 0 Å². The van der Waals surface area contributed by atoms with Gasteiger partial charge < -0.3 is 5.11 Å². The fourth-order valence-electron chi connectivity index (χ4n) is 2.47. The molecule has 0 aliphatic rings. The zero-order valence-electron chi connectivity index (χ0n) is 13.1. The van der Waals surface area contributed by atoms with E-state index in [9.17, 15) is 13.5 Å². The lowest BCUT2D eigenvalue weighted by Gasteiger charge is -2.17. The summed E-state index contributed by atoms with van der Waals surface area (Å²) in [6, 6.07) is 0. The van der Waals surface area contributed by atoms with Crippen molar-refractivity contribution in [2.24, 2.45) is 0 Å². The standard InChI is InChI=1S/C15H32O4S/c1-3-5-6-7-8-9-10-12-14(16)13-15(11-4-2)20(17,18)19/h14-16H,3-13H2,1-2H3,(H,17,18,19). The van der Waals surface area contributed by atoms with Crippen molar-refractivity contribution in [3.8, 4) is 0 Å². The van der Waals surface area contributed by atoms with Crippen molar-refractivity contribution in [1.29, 1.82) is 0 Å². The summed E-state index contributed by atoms with van der Waals surface area (Å²) < 4.78 is 31.5. The molecular formula is C15H32O4S. The number of aliphatic hydroxyl groups is 1. The van der Waals surface area contributed by atoms with E-state index in [1.165, 1.54) is 32.1 Å². The van der Waals surface area contributed by atoms with Crippen molar-refractivity contribution < 1.29 is 18.1 Å². The van der Waals surface area contributed by atoms with Gasteiger partial charge in [-0.05, 0) is 19.3 Å². The lowest BCUT2D eigenvalue weighted by Crippen LogP contribution is -2.26. The maximum absolute atomic E-state index is 11.2. The van der Waals surface area contributed by atoms with Gasteiger partial charge in [-0.15, -0.1) is 0 Å². The Morgan fingerprint density at radius 3 is 1.90 bits per heavy atom. The van der Waals surface area contributed by atoms with Crippen LogP contribution in [0.5, 0.6) is 0 Å². The smallest absolute Gasteiger partial charge is 0.267 e. The lowest BCUT2D eigenvalue weighted by molar-refractivity contribution is 0.147. The zero-order valence-corrected chi connectivity index (χ0v) is 13.9. The Labute approximate surface area is 124 Å². The molecule has 2 N–H and O–H groups in total. The van der Waals surface area contributed by atoms with E-state index in [-0.39, 0.29) is 6.42 Å². The number of aliphatic hydroxyl groups excluding tert-OH is 1. The molecule has 0 amide bonds. The summed E-state index contributed by atoms with van der Waals surface area (Å²) in [4.78, 5) is 0. The predicted octanol–water partition coefficient (Wildman–Crippen LogP) is 3.93. The molecule has 0 fully saturated rings. The van der Waals surface area contributed by atoms with Gasteiger partial charge in [-0.25, -0.2) is 0 Å².